The molecule has 2 amide bonds. The number of carbonyl (C=O) groups excluding carboxylic acids is 1. The molecule has 2 N–H and O–H groups in total. The van der Waals surface area contributed by atoms with Crippen molar-refractivity contribution in [2.24, 2.45) is 7.05 Å². The summed E-state index contributed by atoms with van der Waals surface area (Å²) in [6.45, 7) is 1.75. The quantitative estimate of drug-likeness (QED) is 0.861. The van der Waals surface area contributed by atoms with Crippen LogP contribution in [0.25, 0.3) is 0 Å². The Hall–Kier alpha value is -2.35. The molecule has 4 rings (SSSR count). The van der Waals surface area contributed by atoms with Crippen LogP contribution >= 0.6 is 0 Å². The second kappa shape index (κ2) is 6.12. The van der Waals surface area contributed by atoms with E-state index in [1.807, 2.05) is 0 Å². The number of aromatic nitrogens is 2. The van der Waals surface area contributed by atoms with Gasteiger partial charge in [0.1, 0.15) is 0 Å². The van der Waals surface area contributed by atoms with E-state index < -0.39 is 16.1 Å². The van der Waals surface area contributed by atoms with Crippen LogP contribution in [0.4, 0.5) is 10.5 Å². The maximum Gasteiger partial charge on any atom is 0.333 e. The zero-order valence-corrected chi connectivity index (χ0v) is 15.7. The second-order valence-corrected chi connectivity index (χ2v) is 8.67. The number of fused-ring (bicyclic) bond motifs is 2. The number of urea groups is 1. The monoisotopic (exact) mass is 374 g/mol. The van der Waals surface area contributed by atoms with Crippen LogP contribution in [0.2, 0.25) is 0 Å². The number of carbonyl (C=O) groups is 1. The van der Waals surface area contributed by atoms with Crippen molar-refractivity contribution in [3.63, 3.8) is 0 Å². The third-order valence-electron chi connectivity index (χ3n) is 5.31. The molecule has 138 valence electrons. The summed E-state index contributed by atoms with van der Waals surface area (Å²) < 4.78 is 28.4. The number of amides is 2. The lowest BCUT2D eigenvalue weighted by molar-refractivity contribution is 0.256. The number of hydrogen-bond donors (Lipinski definition) is 2. The summed E-state index contributed by atoms with van der Waals surface area (Å²) >= 11 is 0. The Morgan fingerprint density at radius 3 is 2.23 bits per heavy atom. The zero-order valence-electron chi connectivity index (χ0n) is 14.9. The third-order valence-corrected chi connectivity index (χ3v) is 6.51. The highest BCUT2D eigenvalue weighted by molar-refractivity contribution is 7.90. The molecule has 2 aliphatic rings. The van der Waals surface area contributed by atoms with E-state index in [0.717, 1.165) is 55.3 Å². The van der Waals surface area contributed by atoms with Crippen LogP contribution in [0.1, 0.15) is 40.8 Å². The molecular weight excluding hydrogens is 352 g/mol. The van der Waals surface area contributed by atoms with Gasteiger partial charge in [0, 0.05) is 24.5 Å². The summed E-state index contributed by atoms with van der Waals surface area (Å²) in [6, 6.07) is 2.97. The highest BCUT2D eigenvalue weighted by atomic mass is 32.2. The summed E-state index contributed by atoms with van der Waals surface area (Å²) in [5.41, 5.74) is 6.40. The van der Waals surface area contributed by atoms with Crippen molar-refractivity contribution >= 4 is 21.7 Å². The lowest BCUT2D eigenvalue weighted by atomic mass is 9.99. The third kappa shape index (κ3) is 2.88. The molecule has 26 heavy (non-hydrogen) atoms. The molecule has 8 heteroatoms. The second-order valence-electron chi connectivity index (χ2n) is 7.04. The van der Waals surface area contributed by atoms with Crippen molar-refractivity contribution in [3.05, 3.63) is 40.1 Å². The average Bonchev–Trinajstić information content (AvgIpc) is 3.27. The minimum atomic E-state index is -4.00. The molecule has 0 bridgehead atoms. The van der Waals surface area contributed by atoms with Crippen molar-refractivity contribution in [2.45, 2.75) is 50.5 Å². The van der Waals surface area contributed by atoms with Crippen molar-refractivity contribution < 1.29 is 13.2 Å². The average molecular weight is 374 g/mol. The first-order chi connectivity index (χ1) is 12.3. The van der Waals surface area contributed by atoms with Gasteiger partial charge in [0.2, 0.25) is 0 Å². The Kier molecular flexibility index (Phi) is 4.02. The number of anilines is 1. The van der Waals surface area contributed by atoms with Crippen LogP contribution in [0.5, 0.6) is 0 Å². The van der Waals surface area contributed by atoms with Crippen LogP contribution in [-0.4, -0.2) is 24.2 Å². The smallest absolute Gasteiger partial charge is 0.307 e. The molecule has 0 fully saturated rings. The van der Waals surface area contributed by atoms with E-state index in [4.69, 9.17) is 0 Å². The SMILES string of the molecule is Cc1cc(S(=O)(=O)NC(=O)Nc2c3c(cc4c2CCC4)CCC3)nn1C. The molecular formula is C18H22N4O3S. The van der Waals surface area contributed by atoms with Gasteiger partial charge >= 0.3 is 6.03 Å². The van der Waals surface area contributed by atoms with Crippen LogP contribution in [0.15, 0.2) is 17.2 Å². The zero-order chi connectivity index (χ0) is 18.5. The van der Waals surface area contributed by atoms with Gasteiger partial charge in [-0.25, -0.2) is 9.52 Å². The number of hydrogen-bond acceptors (Lipinski definition) is 4. The molecule has 0 saturated carbocycles. The molecule has 0 unspecified atom stereocenters. The maximum atomic E-state index is 12.5. The summed E-state index contributed by atoms with van der Waals surface area (Å²) in [5, 5.41) is 6.61. The van der Waals surface area contributed by atoms with E-state index in [1.165, 1.54) is 21.9 Å². The van der Waals surface area contributed by atoms with Crippen molar-refractivity contribution in [1.29, 1.82) is 0 Å². The largest absolute Gasteiger partial charge is 0.333 e. The lowest BCUT2D eigenvalue weighted by Crippen LogP contribution is -2.35. The van der Waals surface area contributed by atoms with Crippen molar-refractivity contribution in [1.82, 2.24) is 14.5 Å². The Bertz CT molecular complexity index is 956. The summed E-state index contributed by atoms with van der Waals surface area (Å²) in [6.07, 6.45) is 6.02. The van der Waals surface area contributed by atoms with Crippen LogP contribution in [0, 0.1) is 6.92 Å². The van der Waals surface area contributed by atoms with E-state index in [2.05, 4.69) is 21.2 Å². The predicted octanol–water partition coefficient (Wildman–Crippen LogP) is 2.22. The minimum Gasteiger partial charge on any atom is -0.307 e. The fourth-order valence-electron chi connectivity index (χ4n) is 3.94. The van der Waals surface area contributed by atoms with E-state index in [1.54, 1.807) is 14.0 Å². The molecule has 2 aromatic rings. The van der Waals surface area contributed by atoms with Crippen LogP contribution in [-0.2, 0) is 42.8 Å². The molecule has 1 aromatic carbocycles. The Morgan fingerprint density at radius 1 is 1.08 bits per heavy atom. The Labute approximate surface area is 152 Å². The van der Waals surface area contributed by atoms with Gasteiger partial charge in [-0.05, 0) is 67.7 Å². The van der Waals surface area contributed by atoms with Gasteiger partial charge in [0.15, 0.2) is 5.03 Å². The van der Waals surface area contributed by atoms with Crippen LogP contribution < -0.4 is 10.0 Å². The van der Waals surface area contributed by atoms with Gasteiger partial charge in [-0.15, -0.1) is 0 Å². The highest BCUT2D eigenvalue weighted by Crippen LogP contribution is 2.38. The van der Waals surface area contributed by atoms with Gasteiger partial charge in [0.05, 0.1) is 0 Å². The van der Waals surface area contributed by atoms with Gasteiger partial charge in [0.25, 0.3) is 10.0 Å². The molecule has 0 atom stereocenters. The number of rotatable bonds is 3. The number of nitrogens with zero attached hydrogens (tertiary/aromatic N) is 2. The predicted molar refractivity (Wildman–Crippen MR) is 97.8 cm³/mol. The van der Waals surface area contributed by atoms with E-state index in [-0.39, 0.29) is 5.03 Å². The molecule has 7 nitrogen and oxygen atoms in total. The fraction of sp³-hybridized carbons (Fsp3) is 0.444. The molecule has 0 aliphatic heterocycles. The maximum absolute atomic E-state index is 12.5. The molecule has 0 radical (unpaired) electrons. The van der Waals surface area contributed by atoms with Crippen molar-refractivity contribution in [3.8, 4) is 0 Å². The van der Waals surface area contributed by atoms with Gasteiger partial charge in [-0.3, -0.25) is 4.68 Å². The molecule has 2 aliphatic carbocycles. The summed E-state index contributed by atoms with van der Waals surface area (Å²) in [7, 11) is -2.35. The number of aryl methyl sites for hydroxylation is 4. The number of benzene rings is 1. The normalized spacial score (nSPS) is 15.6. The van der Waals surface area contributed by atoms with E-state index in [0.29, 0.717) is 5.69 Å². The Morgan fingerprint density at radius 2 is 1.69 bits per heavy atom. The Balaban J connectivity index is 1.60. The highest BCUT2D eigenvalue weighted by Gasteiger charge is 2.27. The van der Waals surface area contributed by atoms with Gasteiger partial charge < -0.3 is 5.32 Å². The number of sulfonamides is 1. The molecule has 1 aromatic heterocycles. The summed E-state index contributed by atoms with van der Waals surface area (Å²) in [4.78, 5) is 12.5. The van der Waals surface area contributed by atoms with Crippen molar-refractivity contribution in [2.75, 3.05) is 5.32 Å². The van der Waals surface area contributed by atoms with Gasteiger partial charge in [-0.2, -0.15) is 13.5 Å². The van der Waals surface area contributed by atoms with E-state index in [9.17, 15) is 13.2 Å². The standard InChI is InChI=1S/C18H22N4O3S/c1-11-9-16(20-22(11)2)26(24,25)21-18(23)19-17-14-7-3-5-12(14)10-13-6-4-8-15(13)17/h9-10H,3-8H2,1-2H3,(H2,19,21,23). The summed E-state index contributed by atoms with van der Waals surface area (Å²) in [5.74, 6) is 0. The topological polar surface area (TPSA) is 93.1 Å². The van der Waals surface area contributed by atoms with E-state index >= 15 is 0 Å². The first-order valence-corrected chi connectivity index (χ1v) is 10.3. The first-order valence-electron chi connectivity index (χ1n) is 8.86. The molecule has 0 saturated heterocycles. The minimum absolute atomic E-state index is 0.156. The first kappa shape index (κ1) is 17.1. The van der Waals surface area contributed by atoms with Crippen LogP contribution in [0.3, 0.4) is 0 Å². The fourth-order valence-corrected chi connectivity index (χ4v) is 4.89. The van der Waals surface area contributed by atoms with Gasteiger partial charge in [-0.1, -0.05) is 6.07 Å². The lowest BCUT2D eigenvalue weighted by Gasteiger charge is -2.16. The molecule has 1 heterocycles. The number of nitrogens with one attached hydrogen (secondary N) is 2. The molecule has 0 spiro atoms.